The summed E-state index contributed by atoms with van der Waals surface area (Å²) in [4.78, 5) is 0. The van der Waals surface area contributed by atoms with Crippen LogP contribution in [0.4, 0.5) is 4.39 Å². The van der Waals surface area contributed by atoms with E-state index in [4.69, 9.17) is 5.73 Å². The number of hydrogen-bond acceptors (Lipinski definition) is 2. The first-order chi connectivity index (χ1) is 7.03. The van der Waals surface area contributed by atoms with Gasteiger partial charge in [0.15, 0.2) is 5.67 Å². The predicted octanol–water partition coefficient (Wildman–Crippen LogP) is 2.25. The first-order valence-electron chi connectivity index (χ1n) is 5.15. The molecule has 0 aliphatic heterocycles. The summed E-state index contributed by atoms with van der Waals surface area (Å²) in [7, 11) is 1.77. The van der Waals surface area contributed by atoms with E-state index in [9.17, 15) is 4.39 Å². The van der Waals surface area contributed by atoms with Gasteiger partial charge in [-0.2, -0.15) is 5.10 Å². The van der Waals surface area contributed by atoms with Crippen molar-refractivity contribution in [1.29, 1.82) is 0 Å². The molecular formula is C10H15BrFN3. The van der Waals surface area contributed by atoms with Crippen LogP contribution in [-0.4, -0.2) is 15.8 Å². The smallest absolute Gasteiger partial charge is 0.153 e. The van der Waals surface area contributed by atoms with Crippen molar-refractivity contribution in [3.05, 3.63) is 16.4 Å². The molecule has 0 radical (unpaired) electrons. The molecule has 1 saturated carbocycles. The summed E-state index contributed by atoms with van der Waals surface area (Å²) in [6.07, 6.45) is 4.12. The summed E-state index contributed by atoms with van der Waals surface area (Å²) < 4.78 is 17.1. The van der Waals surface area contributed by atoms with Gasteiger partial charge in [0.05, 0.1) is 16.4 Å². The summed E-state index contributed by atoms with van der Waals surface area (Å²) >= 11 is 3.35. The molecule has 0 unspecified atom stereocenters. The zero-order valence-electron chi connectivity index (χ0n) is 8.71. The van der Waals surface area contributed by atoms with Crippen LogP contribution in [-0.2, 0) is 12.7 Å². The highest BCUT2D eigenvalue weighted by atomic mass is 79.9. The summed E-state index contributed by atoms with van der Waals surface area (Å²) in [5, 5.41) is 4.05. The van der Waals surface area contributed by atoms with Gasteiger partial charge >= 0.3 is 0 Å². The van der Waals surface area contributed by atoms with Gasteiger partial charge in [-0.15, -0.1) is 0 Å². The monoisotopic (exact) mass is 275 g/mol. The van der Waals surface area contributed by atoms with E-state index in [2.05, 4.69) is 21.0 Å². The van der Waals surface area contributed by atoms with Crippen molar-refractivity contribution in [2.75, 3.05) is 0 Å². The maximum atomic E-state index is 14.7. The summed E-state index contributed by atoms with van der Waals surface area (Å²) in [6, 6.07) is 0.154. The van der Waals surface area contributed by atoms with Crippen molar-refractivity contribution in [3.8, 4) is 0 Å². The quantitative estimate of drug-likeness (QED) is 0.855. The number of rotatable bonds is 1. The Morgan fingerprint density at radius 2 is 2.20 bits per heavy atom. The molecule has 0 amide bonds. The average molecular weight is 276 g/mol. The second-order valence-electron chi connectivity index (χ2n) is 4.27. The molecule has 0 atom stereocenters. The molecule has 2 rings (SSSR count). The maximum absolute atomic E-state index is 14.7. The van der Waals surface area contributed by atoms with E-state index in [1.165, 1.54) is 0 Å². The molecule has 1 heterocycles. The first-order valence-corrected chi connectivity index (χ1v) is 5.95. The van der Waals surface area contributed by atoms with Crippen LogP contribution in [0.1, 0.15) is 31.4 Å². The molecule has 0 spiro atoms. The van der Waals surface area contributed by atoms with Crippen LogP contribution in [0.3, 0.4) is 0 Å². The Morgan fingerprint density at radius 1 is 1.60 bits per heavy atom. The van der Waals surface area contributed by atoms with Gasteiger partial charge in [-0.05, 0) is 41.6 Å². The minimum absolute atomic E-state index is 0.154. The molecule has 2 N–H and O–H groups in total. The number of nitrogens with two attached hydrogens (primary N) is 1. The highest BCUT2D eigenvalue weighted by Gasteiger charge is 2.39. The molecule has 3 nitrogen and oxygen atoms in total. The molecule has 0 saturated heterocycles. The van der Waals surface area contributed by atoms with Crippen molar-refractivity contribution in [3.63, 3.8) is 0 Å². The van der Waals surface area contributed by atoms with Crippen LogP contribution in [0.15, 0.2) is 10.7 Å². The van der Waals surface area contributed by atoms with Gasteiger partial charge in [-0.3, -0.25) is 4.68 Å². The lowest BCUT2D eigenvalue weighted by Gasteiger charge is -2.32. The van der Waals surface area contributed by atoms with Crippen molar-refractivity contribution in [1.82, 2.24) is 9.78 Å². The van der Waals surface area contributed by atoms with Crippen LogP contribution in [0.5, 0.6) is 0 Å². The molecule has 1 aromatic heterocycles. The second-order valence-corrected chi connectivity index (χ2v) is 5.12. The lowest BCUT2D eigenvalue weighted by Crippen LogP contribution is -2.35. The molecule has 0 aromatic carbocycles. The lowest BCUT2D eigenvalue weighted by atomic mass is 9.82. The Balaban J connectivity index is 2.30. The standard InChI is InChI=1S/C10H15BrFN3/c1-15-9(8(11)6-14-15)10(12)4-2-7(13)3-5-10/h6-7H,2-5,13H2,1H3. The maximum Gasteiger partial charge on any atom is 0.153 e. The Labute approximate surface area is 97.0 Å². The number of halogens is 2. The topological polar surface area (TPSA) is 43.8 Å². The molecule has 0 bridgehead atoms. The third kappa shape index (κ3) is 1.95. The highest BCUT2D eigenvalue weighted by Crippen LogP contribution is 2.42. The van der Waals surface area contributed by atoms with Gasteiger partial charge in [-0.1, -0.05) is 0 Å². The summed E-state index contributed by atoms with van der Waals surface area (Å²) in [5.74, 6) is 0. The molecule has 84 valence electrons. The lowest BCUT2D eigenvalue weighted by molar-refractivity contribution is 0.0875. The number of aromatic nitrogens is 2. The third-order valence-electron chi connectivity index (χ3n) is 3.14. The molecule has 1 aliphatic carbocycles. The fraction of sp³-hybridized carbons (Fsp3) is 0.700. The Morgan fingerprint density at radius 3 is 2.67 bits per heavy atom. The van der Waals surface area contributed by atoms with Crippen LogP contribution >= 0.6 is 15.9 Å². The normalized spacial score (nSPS) is 31.9. The zero-order chi connectivity index (χ0) is 11.1. The number of aryl methyl sites for hydroxylation is 1. The first kappa shape index (κ1) is 11.1. The zero-order valence-corrected chi connectivity index (χ0v) is 10.3. The van der Waals surface area contributed by atoms with Crippen molar-refractivity contribution >= 4 is 15.9 Å². The molecule has 1 aromatic rings. The SMILES string of the molecule is Cn1ncc(Br)c1C1(F)CCC(N)CC1. The fourth-order valence-corrected chi connectivity index (χ4v) is 2.95. The molecule has 1 fully saturated rings. The average Bonchev–Trinajstić information content (AvgIpc) is 2.52. The van der Waals surface area contributed by atoms with E-state index < -0.39 is 5.67 Å². The predicted molar refractivity (Wildman–Crippen MR) is 60.1 cm³/mol. The highest BCUT2D eigenvalue weighted by molar-refractivity contribution is 9.10. The van der Waals surface area contributed by atoms with Gasteiger partial charge in [0, 0.05) is 13.1 Å². The van der Waals surface area contributed by atoms with E-state index in [1.807, 2.05) is 0 Å². The molecule has 1 aliphatic rings. The molecular weight excluding hydrogens is 261 g/mol. The largest absolute Gasteiger partial charge is 0.328 e. The third-order valence-corrected chi connectivity index (χ3v) is 3.72. The second kappa shape index (κ2) is 3.87. The van der Waals surface area contributed by atoms with Crippen LogP contribution in [0.2, 0.25) is 0 Å². The van der Waals surface area contributed by atoms with Crippen molar-refractivity contribution in [2.24, 2.45) is 12.8 Å². The van der Waals surface area contributed by atoms with Crippen LogP contribution in [0, 0.1) is 0 Å². The van der Waals surface area contributed by atoms with Crippen molar-refractivity contribution < 1.29 is 4.39 Å². The van der Waals surface area contributed by atoms with E-state index in [-0.39, 0.29) is 6.04 Å². The van der Waals surface area contributed by atoms with E-state index in [0.717, 1.165) is 17.3 Å². The number of hydrogen-bond donors (Lipinski definition) is 1. The fourth-order valence-electron chi connectivity index (χ4n) is 2.25. The van der Waals surface area contributed by atoms with Gasteiger partial charge in [0.1, 0.15) is 0 Å². The Kier molecular flexibility index (Phi) is 2.85. The summed E-state index contributed by atoms with van der Waals surface area (Å²) in [6.45, 7) is 0. The molecule has 15 heavy (non-hydrogen) atoms. The number of nitrogens with zero attached hydrogens (tertiary/aromatic N) is 2. The van der Waals surface area contributed by atoms with Gasteiger partial charge < -0.3 is 5.73 Å². The van der Waals surface area contributed by atoms with Gasteiger partial charge in [-0.25, -0.2) is 4.39 Å². The van der Waals surface area contributed by atoms with Crippen LogP contribution in [0.25, 0.3) is 0 Å². The minimum atomic E-state index is -1.26. The van der Waals surface area contributed by atoms with Crippen molar-refractivity contribution in [2.45, 2.75) is 37.4 Å². The van der Waals surface area contributed by atoms with E-state index >= 15 is 0 Å². The van der Waals surface area contributed by atoms with Gasteiger partial charge in [0.2, 0.25) is 0 Å². The Hall–Kier alpha value is -0.420. The van der Waals surface area contributed by atoms with E-state index in [1.54, 1.807) is 17.9 Å². The Bertz CT molecular complexity index is 336. The summed E-state index contributed by atoms with van der Waals surface area (Å²) in [5.41, 5.74) is 5.17. The minimum Gasteiger partial charge on any atom is -0.328 e. The van der Waals surface area contributed by atoms with Crippen LogP contribution < -0.4 is 5.73 Å². The van der Waals surface area contributed by atoms with Gasteiger partial charge in [0.25, 0.3) is 0 Å². The number of alkyl halides is 1. The molecule has 5 heteroatoms. The van der Waals surface area contributed by atoms with E-state index in [0.29, 0.717) is 18.5 Å².